The number of aromatic nitrogens is 2. The third-order valence-electron chi connectivity index (χ3n) is 1.61. The van der Waals surface area contributed by atoms with Gasteiger partial charge in [0.15, 0.2) is 0 Å². The first-order valence-corrected chi connectivity index (χ1v) is 5.39. The van der Waals surface area contributed by atoms with Crippen molar-refractivity contribution < 1.29 is 12.3 Å². The minimum Gasteiger partial charge on any atom is -0.332 e. The highest BCUT2D eigenvalue weighted by atomic mass is 32.3. The average Bonchev–Trinajstić information content (AvgIpc) is 2.31. The molecule has 0 saturated heterocycles. The maximum atomic E-state index is 12.3. The van der Waals surface area contributed by atoms with Gasteiger partial charge in [0.25, 0.3) is 0 Å². The molecule has 13 heavy (non-hydrogen) atoms. The molecule has 0 N–H and O–H groups in total. The van der Waals surface area contributed by atoms with Crippen molar-refractivity contribution >= 4 is 10.2 Å². The van der Waals surface area contributed by atoms with Crippen molar-refractivity contribution in [2.24, 2.45) is 0 Å². The summed E-state index contributed by atoms with van der Waals surface area (Å²) in [7, 11) is -4.49. The topological polar surface area (TPSA) is 52.0 Å². The number of imidazole rings is 1. The van der Waals surface area contributed by atoms with E-state index in [2.05, 4.69) is 4.98 Å². The van der Waals surface area contributed by atoms with Crippen LogP contribution in [0.3, 0.4) is 0 Å². The van der Waals surface area contributed by atoms with Crippen LogP contribution in [0.5, 0.6) is 0 Å². The molecule has 0 unspecified atom stereocenters. The Morgan fingerprint density at radius 2 is 2.23 bits per heavy atom. The Balaban J connectivity index is 2.96. The summed E-state index contributed by atoms with van der Waals surface area (Å²) in [5.74, 6) is -0.421. The molecule has 0 fully saturated rings. The summed E-state index contributed by atoms with van der Waals surface area (Å²) in [5.41, 5.74) is 0. The minimum atomic E-state index is -4.49. The van der Waals surface area contributed by atoms with Gasteiger partial charge in [-0.1, -0.05) is 0 Å². The summed E-state index contributed by atoms with van der Waals surface area (Å²) in [6.07, 6.45) is 3.09. The normalized spacial score (nSPS) is 12.3. The van der Waals surface area contributed by atoms with Gasteiger partial charge in [0, 0.05) is 18.4 Å². The van der Waals surface area contributed by atoms with E-state index in [1.165, 1.54) is 6.20 Å². The van der Waals surface area contributed by atoms with Crippen LogP contribution in [0.4, 0.5) is 3.89 Å². The molecule has 0 bridgehead atoms. The van der Waals surface area contributed by atoms with Crippen molar-refractivity contribution in [1.82, 2.24) is 9.55 Å². The van der Waals surface area contributed by atoms with E-state index in [4.69, 9.17) is 0 Å². The lowest BCUT2D eigenvalue weighted by atomic mass is 10.4. The number of halogens is 1. The maximum absolute atomic E-state index is 12.3. The quantitative estimate of drug-likeness (QED) is 0.700. The number of hydrogen-bond donors (Lipinski definition) is 0. The van der Waals surface area contributed by atoms with E-state index < -0.39 is 16.0 Å². The predicted molar refractivity (Wildman–Crippen MR) is 46.3 cm³/mol. The van der Waals surface area contributed by atoms with Crippen molar-refractivity contribution in [1.29, 1.82) is 0 Å². The fourth-order valence-corrected chi connectivity index (χ4v) is 1.61. The third kappa shape index (κ3) is 2.80. The summed E-state index contributed by atoms with van der Waals surface area (Å²) in [5, 5.41) is 0. The van der Waals surface area contributed by atoms with E-state index in [9.17, 15) is 12.3 Å². The first-order chi connectivity index (χ1) is 5.90. The summed E-state index contributed by atoms with van der Waals surface area (Å²) in [6, 6.07) is 0.0826. The van der Waals surface area contributed by atoms with Gasteiger partial charge >= 0.3 is 10.2 Å². The molecular weight excluding hydrogens is 195 g/mol. The summed E-state index contributed by atoms with van der Waals surface area (Å²) in [6.45, 7) is 3.74. The zero-order chi connectivity index (χ0) is 10.1. The molecule has 6 heteroatoms. The second kappa shape index (κ2) is 3.45. The lowest BCUT2D eigenvalue weighted by Gasteiger charge is -2.09. The van der Waals surface area contributed by atoms with Gasteiger partial charge in [-0.25, -0.2) is 4.98 Å². The van der Waals surface area contributed by atoms with Crippen LogP contribution in [-0.2, 0) is 16.0 Å². The van der Waals surface area contributed by atoms with Gasteiger partial charge in [0.1, 0.15) is 11.6 Å². The molecular formula is C7H11FN2O2S. The van der Waals surface area contributed by atoms with Crippen molar-refractivity contribution in [2.75, 3.05) is 0 Å². The van der Waals surface area contributed by atoms with E-state index >= 15 is 0 Å². The SMILES string of the molecule is CC(C)n1ccnc1CS(=O)(=O)F. The van der Waals surface area contributed by atoms with Crippen LogP contribution in [0, 0.1) is 0 Å². The monoisotopic (exact) mass is 206 g/mol. The average molecular weight is 206 g/mol. The standard InChI is InChI=1S/C7H11FN2O2S/c1-6(2)10-4-3-9-7(10)5-13(8,11)12/h3-4,6H,5H2,1-2H3. The molecule has 0 aliphatic heterocycles. The fourth-order valence-electron chi connectivity index (χ4n) is 1.08. The molecule has 0 atom stereocenters. The molecule has 0 aromatic carbocycles. The minimum absolute atomic E-state index is 0.0826. The van der Waals surface area contributed by atoms with Gasteiger partial charge in [-0.3, -0.25) is 0 Å². The number of rotatable bonds is 3. The van der Waals surface area contributed by atoms with Gasteiger partial charge < -0.3 is 4.57 Å². The first kappa shape index (κ1) is 10.2. The molecule has 1 aromatic rings. The van der Waals surface area contributed by atoms with Crippen LogP contribution in [0.15, 0.2) is 12.4 Å². The smallest absolute Gasteiger partial charge is 0.309 e. The molecule has 0 saturated carbocycles. The molecule has 1 aromatic heterocycles. The third-order valence-corrected chi connectivity index (χ3v) is 2.21. The molecule has 0 aliphatic carbocycles. The Bertz CT molecular complexity index is 383. The van der Waals surface area contributed by atoms with Crippen molar-refractivity contribution in [3.05, 3.63) is 18.2 Å². The summed E-state index contributed by atoms with van der Waals surface area (Å²) >= 11 is 0. The Kier molecular flexibility index (Phi) is 2.70. The van der Waals surface area contributed by atoms with Gasteiger partial charge in [0.05, 0.1) is 0 Å². The molecule has 0 spiro atoms. The molecule has 0 amide bonds. The number of hydrogen-bond acceptors (Lipinski definition) is 3. The van der Waals surface area contributed by atoms with Crippen LogP contribution in [0.2, 0.25) is 0 Å². The van der Waals surface area contributed by atoms with Crippen molar-refractivity contribution in [3.8, 4) is 0 Å². The van der Waals surface area contributed by atoms with E-state index in [1.807, 2.05) is 13.8 Å². The van der Waals surface area contributed by atoms with Crippen LogP contribution < -0.4 is 0 Å². The van der Waals surface area contributed by atoms with Gasteiger partial charge in [0.2, 0.25) is 0 Å². The lowest BCUT2D eigenvalue weighted by Crippen LogP contribution is -2.08. The Morgan fingerprint density at radius 1 is 1.62 bits per heavy atom. The maximum Gasteiger partial charge on any atom is 0.309 e. The second-order valence-corrected chi connectivity index (χ2v) is 4.39. The summed E-state index contributed by atoms with van der Waals surface area (Å²) in [4.78, 5) is 3.77. The van der Waals surface area contributed by atoms with Gasteiger partial charge in [-0.05, 0) is 13.8 Å². The van der Waals surface area contributed by atoms with Gasteiger partial charge in [-0.15, -0.1) is 3.89 Å². The first-order valence-electron chi connectivity index (χ1n) is 3.84. The largest absolute Gasteiger partial charge is 0.332 e. The highest BCUT2D eigenvalue weighted by Gasteiger charge is 2.14. The van der Waals surface area contributed by atoms with Crippen LogP contribution in [0.25, 0.3) is 0 Å². The van der Waals surface area contributed by atoms with Crippen LogP contribution in [0.1, 0.15) is 25.7 Å². The van der Waals surface area contributed by atoms with Crippen molar-refractivity contribution in [3.63, 3.8) is 0 Å². The van der Waals surface area contributed by atoms with Crippen LogP contribution in [-0.4, -0.2) is 18.0 Å². The zero-order valence-corrected chi connectivity index (χ0v) is 8.25. The van der Waals surface area contributed by atoms with E-state index in [0.717, 1.165) is 0 Å². The number of nitrogens with zero attached hydrogens (tertiary/aromatic N) is 2. The second-order valence-electron chi connectivity index (χ2n) is 3.03. The van der Waals surface area contributed by atoms with Gasteiger partial charge in [-0.2, -0.15) is 8.42 Å². The van der Waals surface area contributed by atoms with E-state index in [1.54, 1.807) is 10.8 Å². The molecule has 0 aliphatic rings. The summed E-state index contributed by atoms with van der Waals surface area (Å²) < 4.78 is 34.6. The van der Waals surface area contributed by atoms with E-state index in [0.29, 0.717) is 0 Å². The lowest BCUT2D eigenvalue weighted by molar-refractivity contribution is 0.538. The zero-order valence-electron chi connectivity index (χ0n) is 7.44. The predicted octanol–water partition coefficient (Wildman–Crippen LogP) is 1.26. The fraction of sp³-hybridized carbons (Fsp3) is 0.571. The Hall–Kier alpha value is -0.910. The highest BCUT2D eigenvalue weighted by molar-refractivity contribution is 7.85. The van der Waals surface area contributed by atoms with E-state index in [-0.39, 0.29) is 11.9 Å². The molecule has 1 heterocycles. The van der Waals surface area contributed by atoms with Crippen molar-refractivity contribution in [2.45, 2.75) is 25.6 Å². The molecule has 1 rings (SSSR count). The Labute approximate surface area is 76.6 Å². The van der Waals surface area contributed by atoms with Crippen LogP contribution >= 0.6 is 0 Å². The molecule has 0 radical (unpaired) electrons. The highest BCUT2D eigenvalue weighted by Crippen LogP contribution is 2.11. The molecule has 4 nitrogen and oxygen atoms in total. The molecule has 74 valence electrons. The Morgan fingerprint density at radius 3 is 2.69 bits per heavy atom.